The predicted octanol–water partition coefficient (Wildman–Crippen LogP) is 1.95. The van der Waals surface area contributed by atoms with Crippen molar-refractivity contribution in [2.24, 2.45) is 0 Å². The number of anilines is 1. The minimum absolute atomic E-state index is 0.0693. The van der Waals surface area contributed by atoms with Crippen LogP contribution >= 0.6 is 11.6 Å². The number of pyridine rings is 1. The van der Waals surface area contributed by atoms with Crippen molar-refractivity contribution in [2.75, 3.05) is 25.0 Å². The Kier molecular flexibility index (Phi) is 5.10. The van der Waals surface area contributed by atoms with Crippen LogP contribution in [0.5, 0.6) is 0 Å². The van der Waals surface area contributed by atoms with Crippen molar-refractivity contribution in [3.05, 3.63) is 47.6 Å². The quantitative estimate of drug-likeness (QED) is 0.915. The number of amides is 2. The number of rotatable bonds is 4. The number of hydrogen-bond donors (Lipinski definition) is 1. The number of halogens is 1. The molecule has 2 amide bonds. The van der Waals surface area contributed by atoms with Gasteiger partial charge < -0.3 is 15.1 Å². The smallest absolute Gasteiger partial charge is 0.317 e. The summed E-state index contributed by atoms with van der Waals surface area (Å²) in [5, 5.41) is 3.67. The van der Waals surface area contributed by atoms with E-state index in [1.807, 2.05) is 12.1 Å². The van der Waals surface area contributed by atoms with E-state index in [0.29, 0.717) is 18.1 Å². The van der Waals surface area contributed by atoms with E-state index in [4.69, 9.17) is 11.6 Å². The highest BCUT2D eigenvalue weighted by atomic mass is 35.5. The van der Waals surface area contributed by atoms with E-state index in [1.165, 1.54) is 0 Å². The van der Waals surface area contributed by atoms with Gasteiger partial charge in [0.05, 0.1) is 23.5 Å². The van der Waals surface area contributed by atoms with Crippen LogP contribution in [-0.4, -0.2) is 52.1 Å². The third-order valence-corrected chi connectivity index (χ3v) is 4.21. The number of carbonyl (C=O) groups is 1. The van der Waals surface area contributed by atoms with Gasteiger partial charge in [0, 0.05) is 44.8 Å². The average molecular weight is 347 g/mol. The summed E-state index contributed by atoms with van der Waals surface area (Å²) in [5.41, 5.74) is 0.753. The molecule has 1 aliphatic heterocycles. The van der Waals surface area contributed by atoms with Gasteiger partial charge in [-0.15, -0.1) is 0 Å². The Morgan fingerprint density at radius 3 is 3.04 bits per heavy atom. The summed E-state index contributed by atoms with van der Waals surface area (Å²) in [4.78, 5) is 28.5. The first kappa shape index (κ1) is 16.4. The van der Waals surface area contributed by atoms with Gasteiger partial charge in [0.1, 0.15) is 5.82 Å². The molecule has 1 atom stereocenters. The topological polar surface area (TPSA) is 74.2 Å². The van der Waals surface area contributed by atoms with Crippen molar-refractivity contribution in [2.45, 2.75) is 19.0 Å². The molecule has 2 aromatic heterocycles. The van der Waals surface area contributed by atoms with Crippen LogP contribution in [0.25, 0.3) is 0 Å². The lowest BCUT2D eigenvalue weighted by Crippen LogP contribution is -2.44. The third kappa shape index (κ3) is 3.91. The van der Waals surface area contributed by atoms with Crippen molar-refractivity contribution in [3.63, 3.8) is 0 Å². The third-order valence-electron chi connectivity index (χ3n) is 3.92. The maximum Gasteiger partial charge on any atom is 0.317 e. The number of nitrogens with zero attached hydrogens (tertiary/aromatic N) is 5. The van der Waals surface area contributed by atoms with Gasteiger partial charge in [-0.25, -0.2) is 9.78 Å². The van der Waals surface area contributed by atoms with Crippen LogP contribution in [0.4, 0.5) is 10.6 Å². The molecule has 24 heavy (non-hydrogen) atoms. The molecule has 7 nitrogen and oxygen atoms in total. The van der Waals surface area contributed by atoms with Gasteiger partial charge in [0.25, 0.3) is 0 Å². The second-order valence-electron chi connectivity index (χ2n) is 5.74. The second kappa shape index (κ2) is 7.44. The maximum absolute atomic E-state index is 12.3. The summed E-state index contributed by atoms with van der Waals surface area (Å²) in [6.07, 6.45) is 7.47. The van der Waals surface area contributed by atoms with E-state index in [0.717, 1.165) is 24.5 Å². The molecule has 0 saturated carbocycles. The monoisotopic (exact) mass is 346 g/mol. The molecule has 1 aliphatic rings. The molecular weight excluding hydrogens is 328 g/mol. The highest BCUT2D eigenvalue weighted by molar-refractivity contribution is 6.32. The zero-order valence-electron chi connectivity index (χ0n) is 13.4. The lowest BCUT2D eigenvalue weighted by atomic mass is 10.3. The fourth-order valence-corrected chi connectivity index (χ4v) is 2.93. The first-order valence-corrected chi connectivity index (χ1v) is 8.13. The van der Waals surface area contributed by atoms with Gasteiger partial charge >= 0.3 is 6.03 Å². The molecular formula is C16H19ClN6O. The van der Waals surface area contributed by atoms with Crippen molar-refractivity contribution in [1.82, 2.24) is 25.2 Å². The standard InChI is InChI=1S/C16H19ClN6O/c1-22(10-13-9-18-6-7-19-13)16(24)21-12-4-8-23(11-12)15-14(17)3-2-5-20-15/h2-3,5-7,9,12H,4,8,10-11H2,1H3,(H,21,24)/t12-/m1/s1. The summed E-state index contributed by atoms with van der Waals surface area (Å²) in [7, 11) is 1.74. The van der Waals surface area contributed by atoms with Crippen LogP contribution in [0, 0.1) is 0 Å². The van der Waals surface area contributed by atoms with Gasteiger partial charge in [0.15, 0.2) is 0 Å². The van der Waals surface area contributed by atoms with E-state index >= 15 is 0 Å². The highest BCUT2D eigenvalue weighted by Gasteiger charge is 2.26. The molecule has 0 bridgehead atoms. The Hall–Kier alpha value is -2.41. The fourth-order valence-electron chi connectivity index (χ4n) is 2.69. The number of carbonyl (C=O) groups excluding carboxylic acids is 1. The maximum atomic E-state index is 12.3. The molecule has 3 heterocycles. The van der Waals surface area contributed by atoms with E-state index in [9.17, 15) is 4.79 Å². The van der Waals surface area contributed by atoms with E-state index < -0.39 is 0 Å². The first-order valence-electron chi connectivity index (χ1n) is 7.75. The Bertz CT molecular complexity index is 698. The molecule has 1 fully saturated rings. The number of nitrogens with one attached hydrogen (secondary N) is 1. The molecule has 0 spiro atoms. The number of aromatic nitrogens is 3. The molecule has 0 aromatic carbocycles. The molecule has 126 valence electrons. The van der Waals surface area contributed by atoms with Crippen LogP contribution in [-0.2, 0) is 6.54 Å². The molecule has 0 radical (unpaired) electrons. The van der Waals surface area contributed by atoms with Crippen LogP contribution < -0.4 is 10.2 Å². The average Bonchev–Trinajstić information content (AvgIpc) is 3.04. The van der Waals surface area contributed by atoms with Crippen molar-refractivity contribution in [3.8, 4) is 0 Å². The van der Waals surface area contributed by atoms with E-state index in [-0.39, 0.29) is 12.1 Å². The van der Waals surface area contributed by atoms with Gasteiger partial charge in [0.2, 0.25) is 0 Å². The summed E-state index contributed by atoms with van der Waals surface area (Å²) in [6, 6.07) is 3.58. The molecule has 1 saturated heterocycles. The molecule has 2 aromatic rings. The summed E-state index contributed by atoms with van der Waals surface area (Å²) >= 11 is 6.19. The Morgan fingerprint density at radius 2 is 2.29 bits per heavy atom. The van der Waals surface area contributed by atoms with E-state index in [1.54, 1.807) is 36.7 Å². The fraction of sp³-hybridized carbons (Fsp3) is 0.375. The van der Waals surface area contributed by atoms with Gasteiger partial charge in [-0.2, -0.15) is 0 Å². The minimum Gasteiger partial charge on any atom is -0.353 e. The second-order valence-corrected chi connectivity index (χ2v) is 6.15. The largest absolute Gasteiger partial charge is 0.353 e. The lowest BCUT2D eigenvalue weighted by molar-refractivity contribution is 0.203. The van der Waals surface area contributed by atoms with Crippen molar-refractivity contribution >= 4 is 23.4 Å². The molecule has 0 aliphatic carbocycles. The molecule has 3 rings (SSSR count). The van der Waals surface area contributed by atoms with Crippen molar-refractivity contribution < 1.29 is 4.79 Å². The van der Waals surface area contributed by atoms with Crippen LogP contribution in [0.3, 0.4) is 0 Å². The van der Waals surface area contributed by atoms with Gasteiger partial charge in [-0.05, 0) is 18.6 Å². The van der Waals surface area contributed by atoms with Crippen molar-refractivity contribution in [1.29, 1.82) is 0 Å². The highest BCUT2D eigenvalue weighted by Crippen LogP contribution is 2.25. The van der Waals surface area contributed by atoms with Crippen LogP contribution in [0.2, 0.25) is 5.02 Å². The molecule has 0 unspecified atom stereocenters. The van der Waals surface area contributed by atoms with Crippen LogP contribution in [0.15, 0.2) is 36.9 Å². The Balaban J connectivity index is 1.53. The Labute approximate surface area is 145 Å². The molecule has 8 heteroatoms. The van der Waals surface area contributed by atoms with Gasteiger partial charge in [-0.3, -0.25) is 9.97 Å². The number of urea groups is 1. The summed E-state index contributed by atoms with van der Waals surface area (Å²) in [6.45, 7) is 1.93. The summed E-state index contributed by atoms with van der Waals surface area (Å²) < 4.78 is 0. The lowest BCUT2D eigenvalue weighted by Gasteiger charge is -2.22. The minimum atomic E-state index is -0.125. The zero-order chi connectivity index (χ0) is 16.9. The predicted molar refractivity (Wildman–Crippen MR) is 91.9 cm³/mol. The molecule has 1 N–H and O–H groups in total. The SMILES string of the molecule is CN(Cc1cnccn1)C(=O)N[C@@H]1CCN(c2ncccc2Cl)C1. The van der Waals surface area contributed by atoms with E-state index in [2.05, 4.69) is 25.2 Å². The van der Waals surface area contributed by atoms with Gasteiger partial charge in [-0.1, -0.05) is 11.6 Å². The normalized spacial score (nSPS) is 16.9. The summed E-state index contributed by atoms with van der Waals surface area (Å²) in [5.74, 6) is 0.767. The van der Waals surface area contributed by atoms with Crippen LogP contribution in [0.1, 0.15) is 12.1 Å². The Morgan fingerprint density at radius 1 is 1.42 bits per heavy atom. The first-order chi connectivity index (χ1) is 11.6. The zero-order valence-corrected chi connectivity index (χ0v) is 14.1. The number of hydrogen-bond acceptors (Lipinski definition) is 5.